The first kappa shape index (κ1) is 13.1. The molecular formula is C15H22N2O. The van der Waals surface area contributed by atoms with Crippen LogP contribution in [0, 0.1) is 5.92 Å². The summed E-state index contributed by atoms with van der Waals surface area (Å²) in [6, 6.07) is 8.32. The Morgan fingerprint density at radius 3 is 2.39 bits per heavy atom. The normalized spacial score (nSPS) is 18.2. The lowest BCUT2D eigenvalue weighted by atomic mass is 9.96. The Hall–Kier alpha value is -1.35. The zero-order valence-electron chi connectivity index (χ0n) is 11.2. The van der Waals surface area contributed by atoms with Crippen molar-refractivity contribution >= 4 is 5.91 Å². The molecule has 1 unspecified atom stereocenters. The predicted octanol–water partition coefficient (Wildman–Crippen LogP) is 1.99. The summed E-state index contributed by atoms with van der Waals surface area (Å²) in [5.74, 6) is 0.324. The summed E-state index contributed by atoms with van der Waals surface area (Å²) >= 11 is 0. The van der Waals surface area contributed by atoms with E-state index in [4.69, 9.17) is 5.73 Å². The summed E-state index contributed by atoms with van der Waals surface area (Å²) in [4.78, 5) is 12.0. The fraction of sp³-hybridized carbons (Fsp3) is 0.533. The molecule has 1 aromatic rings. The maximum atomic E-state index is 12.0. The van der Waals surface area contributed by atoms with Crippen LogP contribution in [0.1, 0.15) is 37.8 Å². The fourth-order valence-electron chi connectivity index (χ4n) is 2.13. The van der Waals surface area contributed by atoms with Gasteiger partial charge in [-0.25, -0.2) is 0 Å². The van der Waals surface area contributed by atoms with Crippen LogP contribution in [0.15, 0.2) is 24.3 Å². The second-order valence-corrected chi connectivity index (χ2v) is 5.41. The highest BCUT2D eigenvalue weighted by atomic mass is 16.2. The van der Waals surface area contributed by atoms with Gasteiger partial charge < -0.3 is 11.1 Å². The molecule has 1 amide bonds. The number of amides is 1. The van der Waals surface area contributed by atoms with Crippen LogP contribution in [0.5, 0.6) is 0 Å². The van der Waals surface area contributed by atoms with Gasteiger partial charge in [0.15, 0.2) is 0 Å². The van der Waals surface area contributed by atoms with Gasteiger partial charge in [-0.1, -0.05) is 31.2 Å². The van der Waals surface area contributed by atoms with Crippen LogP contribution < -0.4 is 11.1 Å². The van der Waals surface area contributed by atoms with Gasteiger partial charge in [-0.3, -0.25) is 4.79 Å². The highest BCUT2D eigenvalue weighted by Gasteiger charge is 2.43. The summed E-state index contributed by atoms with van der Waals surface area (Å²) < 4.78 is 0. The molecule has 0 bridgehead atoms. The van der Waals surface area contributed by atoms with Crippen molar-refractivity contribution in [3.05, 3.63) is 35.4 Å². The van der Waals surface area contributed by atoms with Crippen LogP contribution in [0.25, 0.3) is 0 Å². The highest BCUT2D eigenvalue weighted by molar-refractivity contribution is 5.86. The number of carbonyl (C=O) groups excluding carboxylic acids is 1. The van der Waals surface area contributed by atoms with Crippen molar-refractivity contribution in [2.75, 3.05) is 0 Å². The fourth-order valence-corrected chi connectivity index (χ4v) is 2.13. The smallest absolute Gasteiger partial charge is 0.240 e. The van der Waals surface area contributed by atoms with Crippen molar-refractivity contribution in [3.63, 3.8) is 0 Å². The van der Waals surface area contributed by atoms with E-state index >= 15 is 0 Å². The Morgan fingerprint density at radius 1 is 1.33 bits per heavy atom. The van der Waals surface area contributed by atoms with Crippen molar-refractivity contribution in [2.45, 2.75) is 45.2 Å². The number of aryl methyl sites for hydroxylation is 1. The number of carbonyl (C=O) groups is 1. The second kappa shape index (κ2) is 5.11. The first-order chi connectivity index (χ1) is 8.54. The first-order valence-corrected chi connectivity index (χ1v) is 6.69. The number of nitrogens with one attached hydrogen (secondary N) is 1. The molecule has 0 radical (unpaired) electrons. The summed E-state index contributed by atoms with van der Waals surface area (Å²) in [6.45, 7) is 4.52. The third kappa shape index (κ3) is 2.91. The molecule has 0 saturated heterocycles. The molecule has 1 fully saturated rings. The van der Waals surface area contributed by atoms with Crippen molar-refractivity contribution < 1.29 is 4.79 Å². The molecule has 0 spiro atoms. The van der Waals surface area contributed by atoms with Gasteiger partial charge >= 0.3 is 0 Å². The molecule has 3 nitrogen and oxygen atoms in total. The number of rotatable bonds is 5. The predicted molar refractivity (Wildman–Crippen MR) is 73.0 cm³/mol. The average Bonchev–Trinajstić information content (AvgIpc) is 3.21. The second-order valence-electron chi connectivity index (χ2n) is 5.41. The van der Waals surface area contributed by atoms with Crippen LogP contribution in [-0.2, 0) is 17.8 Å². The Morgan fingerprint density at radius 2 is 1.89 bits per heavy atom. The molecule has 2 rings (SSSR count). The summed E-state index contributed by atoms with van der Waals surface area (Å²) in [5, 5.41) is 2.93. The van der Waals surface area contributed by atoms with Gasteiger partial charge in [0, 0.05) is 6.54 Å². The molecule has 0 heterocycles. The minimum Gasteiger partial charge on any atom is -0.350 e. The Labute approximate surface area is 109 Å². The minimum absolute atomic E-state index is 0.0374. The quantitative estimate of drug-likeness (QED) is 0.835. The molecule has 0 aromatic heterocycles. The van der Waals surface area contributed by atoms with Gasteiger partial charge in [0.25, 0.3) is 0 Å². The molecule has 3 N–H and O–H groups in total. The van der Waals surface area contributed by atoms with Crippen molar-refractivity contribution in [2.24, 2.45) is 11.7 Å². The third-order valence-electron chi connectivity index (χ3n) is 3.80. The summed E-state index contributed by atoms with van der Waals surface area (Å²) in [6.07, 6.45) is 3.19. The molecule has 1 saturated carbocycles. The molecular weight excluding hydrogens is 224 g/mol. The monoisotopic (exact) mass is 246 g/mol. The lowest BCUT2D eigenvalue weighted by molar-refractivity contribution is -0.126. The standard InChI is InChI=1S/C15H22N2O/c1-3-11-4-6-12(7-5-11)10-17-14(18)15(2,16)13-8-9-13/h4-7,13H,3,8-10,16H2,1-2H3,(H,17,18). The van der Waals surface area contributed by atoms with Crippen molar-refractivity contribution in [1.82, 2.24) is 5.32 Å². The molecule has 1 aliphatic carbocycles. The van der Waals surface area contributed by atoms with Crippen LogP contribution in [0.4, 0.5) is 0 Å². The van der Waals surface area contributed by atoms with Gasteiger partial charge in [-0.15, -0.1) is 0 Å². The highest BCUT2D eigenvalue weighted by Crippen LogP contribution is 2.38. The zero-order chi connectivity index (χ0) is 13.2. The SMILES string of the molecule is CCc1ccc(CNC(=O)C(C)(N)C2CC2)cc1. The summed E-state index contributed by atoms with van der Waals surface area (Å²) in [5.41, 5.74) is 7.79. The molecule has 0 aliphatic heterocycles. The molecule has 1 aliphatic rings. The van der Waals surface area contributed by atoms with Crippen molar-refractivity contribution in [1.29, 1.82) is 0 Å². The molecule has 3 heteroatoms. The van der Waals surface area contributed by atoms with E-state index in [0.717, 1.165) is 24.8 Å². The Bertz CT molecular complexity index is 419. The topological polar surface area (TPSA) is 55.1 Å². The number of hydrogen-bond acceptors (Lipinski definition) is 2. The van der Waals surface area contributed by atoms with E-state index < -0.39 is 5.54 Å². The van der Waals surface area contributed by atoms with Gasteiger partial charge in [0.2, 0.25) is 5.91 Å². The van der Waals surface area contributed by atoms with Crippen molar-refractivity contribution in [3.8, 4) is 0 Å². The lowest BCUT2D eigenvalue weighted by Gasteiger charge is -2.23. The average molecular weight is 246 g/mol. The lowest BCUT2D eigenvalue weighted by Crippen LogP contribution is -2.53. The third-order valence-corrected chi connectivity index (χ3v) is 3.80. The number of hydrogen-bond donors (Lipinski definition) is 2. The van der Waals surface area contributed by atoms with Crippen LogP contribution in [0.2, 0.25) is 0 Å². The van der Waals surface area contributed by atoms with E-state index in [-0.39, 0.29) is 5.91 Å². The van der Waals surface area contributed by atoms with E-state index in [1.54, 1.807) is 0 Å². The Kier molecular flexibility index (Phi) is 3.71. The van der Waals surface area contributed by atoms with E-state index in [9.17, 15) is 4.79 Å². The van der Waals surface area contributed by atoms with E-state index in [1.807, 2.05) is 6.92 Å². The zero-order valence-corrected chi connectivity index (χ0v) is 11.2. The van der Waals surface area contributed by atoms with Crippen LogP contribution in [0.3, 0.4) is 0 Å². The number of nitrogens with two attached hydrogens (primary N) is 1. The first-order valence-electron chi connectivity index (χ1n) is 6.69. The Balaban J connectivity index is 1.88. The van der Waals surface area contributed by atoms with E-state index in [0.29, 0.717) is 12.5 Å². The van der Waals surface area contributed by atoms with Crippen LogP contribution >= 0.6 is 0 Å². The van der Waals surface area contributed by atoms with Gasteiger partial charge in [0.1, 0.15) is 0 Å². The van der Waals surface area contributed by atoms with E-state index in [2.05, 4.69) is 36.5 Å². The summed E-state index contributed by atoms with van der Waals surface area (Å²) in [7, 11) is 0. The number of benzene rings is 1. The minimum atomic E-state index is -0.705. The molecule has 1 aromatic carbocycles. The molecule has 18 heavy (non-hydrogen) atoms. The van der Waals surface area contributed by atoms with Gasteiger partial charge in [-0.2, -0.15) is 0 Å². The maximum absolute atomic E-state index is 12.0. The maximum Gasteiger partial charge on any atom is 0.240 e. The van der Waals surface area contributed by atoms with Gasteiger partial charge in [-0.05, 0) is 43.2 Å². The van der Waals surface area contributed by atoms with Gasteiger partial charge in [0.05, 0.1) is 5.54 Å². The molecule has 98 valence electrons. The largest absolute Gasteiger partial charge is 0.350 e. The molecule has 1 atom stereocenters. The van der Waals surface area contributed by atoms with Crippen LogP contribution in [-0.4, -0.2) is 11.4 Å². The van der Waals surface area contributed by atoms with E-state index in [1.165, 1.54) is 5.56 Å².